The molecule has 8 heteroatoms. The zero-order valence-electron chi connectivity index (χ0n) is 15.7. The van der Waals surface area contributed by atoms with Crippen molar-refractivity contribution in [3.05, 3.63) is 56.4 Å². The zero-order chi connectivity index (χ0) is 20.3. The van der Waals surface area contributed by atoms with Crippen LogP contribution in [0.3, 0.4) is 0 Å². The predicted octanol–water partition coefficient (Wildman–Crippen LogP) is 3.60. The first kappa shape index (κ1) is 19.5. The Labute approximate surface area is 165 Å². The lowest BCUT2D eigenvalue weighted by Crippen LogP contribution is -2.10. The Kier molecular flexibility index (Phi) is 5.70. The number of hydrogen-bond donors (Lipinski definition) is 2. The molecule has 7 nitrogen and oxygen atoms in total. The molecule has 1 aromatic carbocycles. The lowest BCUT2D eigenvalue weighted by Gasteiger charge is -2.01. The van der Waals surface area contributed by atoms with Crippen LogP contribution in [-0.2, 0) is 9.53 Å². The van der Waals surface area contributed by atoms with Crippen molar-refractivity contribution >= 4 is 51.3 Å². The molecule has 144 valence electrons. The molecule has 1 amide bonds. The van der Waals surface area contributed by atoms with Crippen LogP contribution in [0.5, 0.6) is 0 Å². The van der Waals surface area contributed by atoms with E-state index in [-0.39, 0.29) is 18.1 Å². The van der Waals surface area contributed by atoms with Crippen molar-refractivity contribution in [3.63, 3.8) is 0 Å². The van der Waals surface area contributed by atoms with Gasteiger partial charge < -0.3 is 15.0 Å². The average Bonchev–Trinajstić information content (AvgIpc) is 2.98. The molecule has 2 N–H and O–H groups in total. The largest absolute Gasteiger partial charge is 0.462 e. The highest BCUT2D eigenvalue weighted by molar-refractivity contribution is 7.20. The monoisotopic (exact) mass is 397 g/mol. The fourth-order valence-corrected chi connectivity index (χ4v) is 3.77. The van der Waals surface area contributed by atoms with Crippen molar-refractivity contribution < 1.29 is 14.3 Å². The number of anilines is 1. The number of hydrogen-bond acceptors (Lipinski definition) is 6. The van der Waals surface area contributed by atoms with E-state index in [1.54, 1.807) is 38.1 Å². The quantitative estimate of drug-likeness (QED) is 0.641. The highest BCUT2D eigenvalue weighted by Gasteiger charge is 2.19. The second-order valence-electron chi connectivity index (χ2n) is 6.04. The summed E-state index contributed by atoms with van der Waals surface area (Å²) in [5.74, 6) is -0.189. The molecule has 0 unspecified atom stereocenters. The number of benzene rings is 1. The number of H-pyrrole nitrogens is 1. The van der Waals surface area contributed by atoms with Crippen molar-refractivity contribution in [2.24, 2.45) is 0 Å². The van der Waals surface area contributed by atoms with E-state index in [9.17, 15) is 14.4 Å². The topological polar surface area (TPSA) is 101 Å². The lowest BCUT2D eigenvalue weighted by atomic mass is 10.2. The summed E-state index contributed by atoms with van der Waals surface area (Å²) in [5.41, 5.74) is 1.87. The minimum atomic E-state index is -0.446. The summed E-state index contributed by atoms with van der Waals surface area (Å²) in [6, 6.07) is 7.25. The molecular formula is C20H19N3O4S. The van der Waals surface area contributed by atoms with Crippen molar-refractivity contribution in [2.45, 2.75) is 20.8 Å². The average molecular weight is 397 g/mol. The maximum Gasteiger partial charge on any atom is 0.348 e. The van der Waals surface area contributed by atoms with E-state index in [1.165, 1.54) is 6.92 Å². The third-order valence-electron chi connectivity index (χ3n) is 3.94. The number of thiophene rings is 1. The van der Waals surface area contributed by atoms with Crippen LogP contribution in [0.2, 0.25) is 0 Å². The van der Waals surface area contributed by atoms with E-state index in [1.807, 2.05) is 12.1 Å². The van der Waals surface area contributed by atoms with Crippen molar-refractivity contribution in [1.29, 1.82) is 0 Å². The number of ether oxygens (including phenoxy) is 1. The van der Waals surface area contributed by atoms with Crippen LogP contribution >= 0.6 is 11.3 Å². The molecule has 0 spiro atoms. The highest BCUT2D eigenvalue weighted by atomic mass is 32.1. The Morgan fingerprint density at radius 3 is 2.61 bits per heavy atom. The van der Waals surface area contributed by atoms with Crippen LogP contribution in [-0.4, -0.2) is 28.5 Å². The van der Waals surface area contributed by atoms with Crippen molar-refractivity contribution in [2.75, 3.05) is 11.9 Å². The third kappa shape index (κ3) is 4.17. The van der Waals surface area contributed by atoms with Gasteiger partial charge in [-0.3, -0.25) is 9.59 Å². The Hall–Kier alpha value is -3.26. The molecule has 0 fully saturated rings. The van der Waals surface area contributed by atoms with Gasteiger partial charge in [-0.15, -0.1) is 11.3 Å². The summed E-state index contributed by atoms with van der Waals surface area (Å²) >= 11 is 1.15. The zero-order valence-corrected chi connectivity index (χ0v) is 16.5. The molecule has 0 aliphatic carbocycles. The van der Waals surface area contributed by atoms with E-state index in [2.05, 4.69) is 15.3 Å². The predicted molar refractivity (Wildman–Crippen MR) is 111 cm³/mol. The number of nitrogens with one attached hydrogen (secondary N) is 2. The summed E-state index contributed by atoms with van der Waals surface area (Å²) in [7, 11) is 0. The third-order valence-corrected chi connectivity index (χ3v) is 5.11. The van der Waals surface area contributed by atoms with Gasteiger partial charge in [0.15, 0.2) is 0 Å². The van der Waals surface area contributed by atoms with Gasteiger partial charge in [0.2, 0.25) is 5.91 Å². The summed E-state index contributed by atoms with van der Waals surface area (Å²) in [6.45, 7) is 5.17. The van der Waals surface area contributed by atoms with Gasteiger partial charge >= 0.3 is 5.97 Å². The maximum atomic E-state index is 12.5. The standard InChI is InChI=1S/C20H19N3O4S/c1-4-27-20(26)17-11(2)16-18(25)22-15(23-19(16)28-17)10-7-13-5-8-14(9-6-13)21-12(3)24/h5-10H,4H2,1-3H3,(H,21,24)(H,22,23,25)/b10-7+. The van der Waals surface area contributed by atoms with Gasteiger partial charge in [0.1, 0.15) is 15.5 Å². The number of amides is 1. The number of carbonyl (C=O) groups is 2. The first-order chi connectivity index (χ1) is 13.4. The molecule has 3 aromatic rings. The molecule has 2 heterocycles. The first-order valence-electron chi connectivity index (χ1n) is 8.65. The van der Waals surface area contributed by atoms with E-state index in [0.717, 1.165) is 16.9 Å². The number of esters is 1. The van der Waals surface area contributed by atoms with Crippen LogP contribution < -0.4 is 10.9 Å². The van der Waals surface area contributed by atoms with Gasteiger partial charge in [0, 0.05) is 12.6 Å². The fraction of sp³-hybridized carbons (Fsp3) is 0.200. The molecular weight excluding hydrogens is 378 g/mol. The van der Waals surface area contributed by atoms with Crippen LogP contribution in [0.1, 0.15) is 40.5 Å². The first-order valence-corrected chi connectivity index (χ1v) is 9.47. The number of rotatable bonds is 5. The molecule has 0 saturated carbocycles. The molecule has 0 radical (unpaired) electrons. The van der Waals surface area contributed by atoms with Gasteiger partial charge in [-0.05, 0) is 43.2 Å². The molecule has 0 saturated heterocycles. The summed E-state index contributed by atoms with van der Waals surface area (Å²) in [4.78, 5) is 43.6. The number of nitrogens with zero attached hydrogens (tertiary/aromatic N) is 1. The van der Waals surface area contributed by atoms with Crippen LogP contribution in [0, 0.1) is 6.92 Å². The van der Waals surface area contributed by atoms with Gasteiger partial charge in [-0.2, -0.15) is 0 Å². The van der Waals surface area contributed by atoms with Crippen molar-refractivity contribution in [1.82, 2.24) is 9.97 Å². The summed E-state index contributed by atoms with van der Waals surface area (Å²) < 4.78 is 5.04. The van der Waals surface area contributed by atoms with E-state index in [0.29, 0.717) is 32.2 Å². The molecule has 0 aliphatic heterocycles. The van der Waals surface area contributed by atoms with Gasteiger partial charge in [0.05, 0.1) is 12.0 Å². The van der Waals surface area contributed by atoms with Gasteiger partial charge in [-0.1, -0.05) is 18.2 Å². The van der Waals surface area contributed by atoms with Gasteiger partial charge in [0.25, 0.3) is 5.56 Å². The number of carbonyl (C=O) groups excluding carboxylic acids is 2. The Bertz CT molecular complexity index is 1130. The lowest BCUT2D eigenvalue weighted by molar-refractivity contribution is -0.114. The Morgan fingerprint density at radius 1 is 1.25 bits per heavy atom. The Morgan fingerprint density at radius 2 is 1.96 bits per heavy atom. The van der Waals surface area contributed by atoms with E-state index in [4.69, 9.17) is 4.74 Å². The summed E-state index contributed by atoms with van der Waals surface area (Å²) in [5, 5.41) is 3.11. The SMILES string of the molecule is CCOC(=O)c1sc2nc(/C=C/c3ccc(NC(C)=O)cc3)[nH]c(=O)c2c1C. The maximum absolute atomic E-state index is 12.5. The second-order valence-corrected chi connectivity index (χ2v) is 7.04. The fourth-order valence-electron chi connectivity index (χ4n) is 2.69. The smallest absolute Gasteiger partial charge is 0.348 e. The summed E-state index contributed by atoms with van der Waals surface area (Å²) in [6.07, 6.45) is 3.49. The van der Waals surface area contributed by atoms with Crippen LogP contribution in [0.4, 0.5) is 5.69 Å². The molecule has 0 atom stereocenters. The van der Waals surface area contributed by atoms with Crippen LogP contribution in [0.25, 0.3) is 22.4 Å². The minimum Gasteiger partial charge on any atom is -0.462 e. The molecule has 3 rings (SSSR count). The molecule has 28 heavy (non-hydrogen) atoms. The Balaban J connectivity index is 1.89. The number of aryl methyl sites for hydroxylation is 1. The minimum absolute atomic E-state index is 0.133. The molecule has 0 aliphatic rings. The molecule has 0 bridgehead atoms. The molecule has 2 aromatic heterocycles. The van der Waals surface area contributed by atoms with Crippen LogP contribution in [0.15, 0.2) is 29.1 Å². The van der Waals surface area contributed by atoms with Gasteiger partial charge in [-0.25, -0.2) is 9.78 Å². The van der Waals surface area contributed by atoms with E-state index < -0.39 is 5.97 Å². The normalized spacial score (nSPS) is 11.1. The highest BCUT2D eigenvalue weighted by Crippen LogP contribution is 2.27. The number of aromatic nitrogens is 2. The second kappa shape index (κ2) is 8.18. The van der Waals surface area contributed by atoms with Crippen molar-refractivity contribution in [3.8, 4) is 0 Å². The van der Waals surface area contributed by atoms with E-state index >= 15 is 0 Å². The number of aromatic amines is 1. The number of fused-ring (bicyclic) bond motifs is 1.